The number of ether oxygens (including phenoxy) is 1. The van der Waals surface area contributed by atoms with Gasteiger partial charge in [-0.25, -0.2) is 4.79 Å². The second kappa shape index (κ2) is 10.5. The van der Waals surface area contributed by atoms with Crippen LogP contribution in [0.5, 0.6) is 0 Å². The van der Waals surface area contributed by atoms with Crippen LogP contribution in [0.1, 0.15) is 76.2 Å². The summed E-state index contributed by atoms with van der Waals surface area (Å²) in [5, 5.41) is 3.57. The lowest BCUT2D eigenvalue weighted by molar-refractivity contribution is 0.0472. The lowest BCUT2D eigenvalue weighted by Crippen LogP contribution is -2.09. The van der Waals surface area contributed by atoms with Gasteiger partial charge in [0.2, 0.25) is 0 Å². The van der Waals surface area contributed by atoms with E-state index in [1.807, 2.05) is 56.3 Å². The van der Waals surface area contributed by atoms with Gasteiger partial charge in [0.05, 0.1) is 5.56 Å². The van der Waals surface area contributed by atoms with Crippen LogP contribution in [0.15, 0.2) is 66.7 Å². The number of hydrogen-bond donors (Lipinski definition) is 1. The molecule has 1 fully saturated rings. The van der Waals surface area contributed by atoms with Crippen molar-refractivity contribution in [2.75, 3.05) is 5.32 Å². The van der Waals surface area contributed by atoms with E-state index >= 15 is 0 Å². The van der Waals surface area contributed by atoms with Gasteiger partial charge < -0.3 is 10.1 Å². The maximum Gasteiger partial charge on any atom is 0.338 e. The molecule has 0 saturated heterocycles. The van der Waals surface area contributed by atoms with Crippen molar-refractivity contribution in [1.82, 2.24) is 0 Å². The summed E-state index contributed by atoms with van der Waals surface area (Å²) in [5.41, 5.74) is 7.53. The molecule has 0 unspecified atom stereocenters. The van der Waals surface area contributed by atoms with Gasteiger partial charge in [-0.3, -0.25) is 0 Å². The standard InChI is InChI=1S/C29H33NO2/c1-21-17-27(29(31)32-20-24-9-5-3-6-10-24)18-22(2)28(21)30-19-23-13-15-26(16-14-23)25-11-7-4-8-12-25/h3,5-6,9-10,13-18,25,30H,4,7-8,11-12,19-20H2,1-2H3. The molecular formula is C29H33NO2. The third-order valence-electron chi connectivity index (χ3n) is 6.51. The van der Waals surface area contributed by atoms with Crippen molar-refractivity contribution in [3.8, 4) is 0 Å². The molecule has 166 valence electrons. The molecule has 3 aromatic rings. The molecule has 3 heteroatoms. The van der Waals surface area contributed by atoms with E-state index in [0.717, 1.165) is 34.8 Å². The quantitative estimate of drug-likeness (QED) is 0.401. The number of nitrogens with one attached hydrogen (secondary N) is 1. The van der Waals surface area contributed by atoms with Crippen molar-refractivity contribution in [3.05, 3.63) is 100 Å². The summed E-state index contributed by atoms with van der Waals surface area (Å²) in [4.78, 5) is 12.5. The summed E-state index contributed by atoms with van der Waals surface area (Å²) in [6.07, 6.45) is 6.78. The fraction of sp³-hybridized carbons (Fsp3) is 0.345. The fourth-order valence-electron chi connectivity index (χ4n) is 4.70. The van der Waals surface area contributed by atoms with Crippen LogP contribution in [-0.4, -0.2) is 5.97 Å². The highest BCUT2D eigenvalue weighted by Crippen LogP contribution is 2.32. The van der Waals surface area contributed by atoms with Crippen molar-refractivity contribution >= 4 is 11.7 Å². The van der Waals surface area contributed by atoms with Gasteiger partial charge in [0.25, 0.3) is 0 Å². The number of rotatable bonds is 7. The molecular weight excluding hydrogens is 394 g/mol. The van der Waals surface area contributed by atoms with Gasteiger partial charge in [-0.15, -0.1) is 0 Å². The van der Waals surface area contributed by atoms with Gasteiger partial charge in [0, 0.05) is 12.2 Å². The predicted octanol–water partition coefficient (Wildman–Crippen LogP) is 7.32. The van der Waals surface area contributed by atoms with E-state index in [1.54, 1.807) is 0 Å². The van der Waals surface area contributed by atoms with E-state index < -0.39 is 0 Å². The van der Waals surface area contributed by atoms with Crippen LogP contribution in [0.4, 0.5) is 5.69 Å². The molecule has 4 rings (SSSR count). The van der Waals surface area contributed by atoms with E-state index in [2.05, 4.69) is 29.6 Å². The Morgan fingerprint density at radius 3 is 2.19 bits per heavy atom. The van der Waals surface area contributed by atoms with Crippen molar-refractivity contribution in [3.63, 3.8) is 0 Å². The van der Waals surface area contributed by atoms with Crippen molar-refractivity contribution < 1.29 is 9.53 Å². The molecule has 0 radical (unpaired) electrons. The molecule has 3 aromatic carbocycles. The average molecular weight is 428 g/mol. The van der Waals surface area contributed by atoms with Crippen LogP contribution in [0, 0.1) is 13.8 Å². The summed E-state index contributed by atoms with van der Waals surface area (Å²) >= 11 is 0. The minimum absolute atomic E-state index is 0.286. The number of aryl methyl sites for hydroxylation is 2. The second-order valence-corrected chi connectivity index (χ2v) is 8.98. The lowest BCUT2D eigenvalue weighted by Gasteiger charge is -2.22. The Bertz CT molecular complexity index is 1010. The van der Waals surface area contributed by atoms with Crippen LogP contribution in [0.2, 0.25) is 0 Å². The lowest BCUT2D eigenvalue weighted by atomic mass is 9.84. The van der Waals surface area contributed by atoms with Crippen LogP contribution in [-0.2, 0) is 17.9 Å². The Morgan fingerprint density at radius 1 is 0.875 bits per heavy atom. The fourth-order valence-corrected chi connectivity index (χ4v) is 4.70. The molecule has 0 bridgehead atoms. The minimum atomic E-state index is -0.287. The minimum Gasteiger partial charge on any atom is -0.457 e. The first-order valence-corrected chi connectivity index (χ1v) is 11.7. The topological polar surface area (TPSA) is 38.3 Å². The molecule has 32 heavy (non-hydrogen) atoms. The number of anilines is 1. The van der Waals surface area contributed by atoms with Gasteiger partial charge in [-0.1, -0.05) is 73.9 Å². The summed E-state index contributed by atoms with van der Waals surface area (Å²) in [7, 11) is 0. The van der Waals surface area contributed by atoms with Gasteiger partial charge in [-0.2, -0.15) is 0 Å². The van der Waals surface area contributed by atoms with Crippen molar-refractivity contribution in [1.29, 1.82) is 0 Å². The number of hydrogen-bond acceptors (Lipinski definition) is 3. The zero-order valence-corrected chi connectivity index (χ0v) is 19.2. The summed E-state index contributed by atoms with van der Waals surface area (Å²) < 4.78 is 5.50. The van der Waals surface area contributed by atoms with Crippen LogP contribution >= 0.6 is 0 Å². The van der Waals surface area contributed by atoms with Gasteiger partial charge >= 0.3 is 5.97 Å². The molecule has 1 aliphatic rings. The Morgan fingerprint density at radius 2 is 1.53 bits per heavy atom. The highest BCUT2D eigenvalue weighted by atomic mass is 16.5. The zero-order valence-electron chi connectivity index (χ0n) is 19.2. The first-order valence-electron chi connectivity index (χ1n) is 11.7. The van der Waals surface area contributed by atoms with Crippen LogP contribution in [0.25, 0.3) is 0 Å². The van der Waals surface area contributed by atoms with Crippen LogP contribution in [0.3, 0.4) is 0 Å². The zero-order chi connectivity index (χ0) is 22.3. The molecule has 0 atom stereocenters. The number of benzene rings is 3. The molecule has 1 aliphatic carbocycles. The first-order chi connectivity index (χ1) is 15.6. The number of carbonyl (C=O) groups excluding carboxylic acids is 1. The van der Waals surface area contributed by atoms with Crippen molar-refractivity contribution in [2.45, 2.75) is 65.0 Å². The first kappa shape index (κ1) is 22.1. The normalized spacial score (nSPS) is 14.2. The SMILES string of the molecule is Cc1cc(C(=O)OCc2ccccc2)cc(C)c1NCc1ccc(C2CCCCC2)cc1. The van der Waals surface area contributed by atoms with E-state index in [9.17, 15) is 4.79 Å². The third-order valence-corrected chi connectivity index (χ3v) is 6.51. The van der Waals surface area contributed by atoms with E-state index in [-0.39, 0.29) is 12.6 Å². The molecule has 1 saturated carbocycles. The van der Waals surface area contributed by atoms with Gasteiger partial charge in [0.15, 0.2) is 0 Å². The maximum atomic E-state index is 12.5. The smallest absolute Gasteiger partial charge is 0.338 e. The maximum absolute atomic E-state index is 12.5. The molecule has 0 aliphatic heterocycles. The van der Waals surface area contributed by atoms with E-state index in [1.165, 1.54) is 43.2 Å². The monoisotopic (exact) mass is 427 g/mol. The van der Waals surface area contributed by atoms with Gasteiger partial charge in [-0.05, 0) is 72.6 Å². The molecule has 0 spiro atoms. The second-order valence-electron chi connectivity index (χ2n) is 8.98. The summed E-state index contributed by atoms with van der Waals surface area (Å²) in [6.45, 7) is 5.13. The molecule has 3 nitrogen and oxygen atoms in total. The summed E-state index contributed by atoms with van der Waals surface area (Å²) in [6, 6.07) is 22.7. The molecule has 0 amide bonds. The van der Waals surface area contributed by atoms with Crippen molar-refractivity contribution in [2.24, 2.45) is 0 Å². The Labute approximate surface area is 191 Å². The average Bonchev–Trinajstić information content (AvgIpc) is 2.83. The van der Waals surface area contributed by atoms with Crippen LogP contribution < -0.4 is 5.32 Å². The Hall–Kier alpha value is -3.07. The van der Waals surface area contributed by atoms with Gasteiger partial charge in [0.1, 0.15) is 6.61 Å². The largest absolute Gasteiger partial charge is 0.457 e. The number of carbonyl (C=O) groups is 1. The highest BCUT2D eigenvalue weighted by molar-refractivity contribution is 5.90. The summed E-state index contributed by atoms with van der Waals surface area (Å²) in [5.74, 6) is 0.453. The Balaban J connectivity index is 1.36. The highest BCUT2D eigenvalue weighted by Gasteiger charge is 2.15. The van der Waals surface area contributed by atoms with E-state index in [4.69, 9.17) is 4.74 Å². The predicted molar refractivity (Wildman–Crippen MR) is 131 cm³/mol. The third kappa shape index (κ3) is 5.59. The molecule has 0 heterocycles. The molecule has 0 aromatic heterocycles. The Kier molecular flexibility index (Phi) is 7.26. The molecule has 1 N–H and O–H groups in total. The number of esters is 1. The van der Waals surface area contributed by atoms with E-state index in [0.29, 0.717) is 5.56 Å².